The number of nitrogens with one attached hydrogen (secondary N) is 1. The summed E-state index contributed by atoms with van der Waals surface area (Å²) in [6.07, 6.45) is 6.78. The van der Waals surface area contributed by atoms with Crippen LogP contribution in [0.15, 0.2) is 10.3 Å². The first-order chi connectivity index (χ1) is 9.98. The molecule has 2 aliphatic rings. The van der Waals surface area contributed by atoms with Gasteiger partial charge in [0.05, 0.1) is 0 Å². The normalized spacial score (nSPS) is 20.5. The molecule has 21 heavy (non-hydrogen) atoms. The summed E-state index contributed by atoms with van der Waals surface area (Å²) in [5.41, 5.74) is 1.09. The molecule has 0 spiro atoms. The largest absolute Gasteiger partial charge is 0.309 e. The van der Waals surface area contributed by atoms with E-state index in [4.69, 9.17) is 0 Å². The summed E-state index contributed by atoms with van der Waals surface area (Å²) >= 11 is 1.43. The molecule has 1 aromatic heterocycles. The van der Waals surface area contributed by atoms with Crippen molar-refractivity contribution in [3.8, 4) is 0 Å². The molecule has 4 nitrogen and oxygen atoms in total. The molecule has 6 heteroatoms. The summed E-state index contributed by atoms with van der Waals surface area (Å²) in [6, 6.07) is 2.67. The van der Waals surface area contributed by atoms with Crippen LogP contribution in [-0.2, 0) is 16.6 Å². The van der Waals surface area contributed by atoms with Crippen molar-refractivity contribution in [3.63, 3.8) is 0 Å². The number of sulfonamides is 1. The third-order valence-corrected chi connectivity index (χ3v) is 8.20. The summed E-state index contributed by atoms with van der Waals surface area (Å²) in [6.45, 7) is 2.80. The molecule has 0 aliphatic heterocycles. The van der Waals surface area contributed by atoms with Crippen LogP contribution in [0.4, 0.5) is 0 Å². The van der Waals surface area contributed by atoms with E-state index in [0.717, 1.165) is 42.7 Å². The SMILES string of the molecule is Cc1cc(S(=O)(=O)N(C)C2CCCC2)sc1CNC1CC1. The lowest BCUT2D eigenvalue weighted by molar-refractivity contribution is 0.374. The fourth-order valence-electron chi connectivity index (χ4n) is 2.92. The molecule has 1 heterocycles. The third kappa shape index (κ3) is 3.33. The molecule has 0 radical (unpaired) electrons. The van der Waals surface area contributed by atoms with Gasteiger partial charge in [-0.1, -0.05) is 12.8 Å². The minimum Gasteiger partial charge on any atom is -0.309 e. The van der Waals surface area contributed by atoms with Gasteiger partial charge in [-0.15, -0.1) is 11.3 Å². The van der Waals surface area contributed by atoms with Crippen LogP contribution in [0.3, 0.4) is 0 Å². The number of aryl methyl sites for hydroxylation is 1. The van der Waals surface area contributed by atoms with Crippen LogP contribution < -0.4 is 5.32 Å². The lowest BCUT2D eigenvalue weighted by atomic mass is 10.3. The quantitative estimate of drug-likeness (QED) is 0.873. The van der Waals surface area contributed by atoms with Crippen molar-refractivity contribution in [2.24, 2.45) is 0 Å². The van der Waals surface area contributed by atoms with Gasteiger partial charge in [0.2, 0.25) is 0 Å². The molecule has 0 bridgehead atoms. The number of thiophene rings is 1. The van der Waals surface area contributed by atoms with Crippen molar-refractivity contribution in [1.82, 2.24) is 9.62 Å². The van der Waals surface area contributed by atoms with E-state index in [-0.39, 0.29) is 6.04 Å². The number of nitrogens with zero attached hydrogens (tertiary/aromatic N) is 1. The summed E-state index contributed by atoms with van der Waals surface area (Å²) < 4.78 is 27.6. The second kappa shape index (κ2) is 5.99. The first kappa shape index (κ1) is 15.5. The smallest absolute Gasteiger partial charge is 0.252 e. The van der Waals surface area contributed by atoms with E-state index in [1.54, 1.807) is 11.4 Å². The second-order valence-electron chi connectivity index (χ2n) is 6.29. The third-order valence-electron chi connectivity index (χ3n) is 4.60. The van der Waals surface area contributed by atoms with E-state index >= 15 is 0 Å². The van der Waals surface area contributed by atoms with Crippen LogP contribution in [0.5, 0.6) is 0 Å². The Bertz CT molecular complexity index is 599. The average Bonchev–Trinajstić information content (AvgIpc) is 2.98. The van der Waals surface area contributed by atoms with Crippen molar-refractivity contribution < 1.29 is 8.42 Å². The predicted molar refractivity (Wildman–Crippen MR) is 86.1 cm³/mol. The molecule has 118 valence electrons. The van der Waals surface area contributed by atoms with Crippen LogP contribution >= 0.6 is 11.3 Å². The summed E-state index contributed by atoms with van der Waals surface area (Å²) in [5, 5.41) is 3.46. The maximum Gasteiger partial charge on any atom is 0.252 e. The Labute approximate surface area is 131 Å². The van der Waals surface area contributed by atoms with Crippen molar-refractivity contribution in [3.05, 3.63) is 16.5 Å². The Morgan fingerprint density at radius 1 is 1.29 bits per heavy atom. The van der Waals surface area contributed by atoms with Gasteiger partial charge < -0.3 is 5.32 Å². The molecular formula is C15H24N2O2S2. The molecule has 2 saturated carbocycles. The highest BCUT2D eigenvalue weighted by atomic mass is 32.2. The van der Waals surface area contributed by atoms with Gasteiger partial charge in [-0.2, -0.15) is 4.31 Å². The van der Waals surface area contributed by atoms with E-state index < -0.39 is 10.0 Å². The molecule has 0 saturated heterocycles. The Morgan fingerprint density at radius 3 is 2.57 bits per heavy atom. The lowest BCUT2D eigenvalue weighted by Crippen LogP contribution is -2.34. The summed E-state index contributed by atoms with van der Waals surface area (Å²) in [5.74, 6) is 0. The van der Waals surface area contributed by atoms with Crippen LogP contribution in [0.2, 0.25) is 0 Å². The van der Waals surface area contributed by atoms with Gasteiger partial charge in [0, 0.05) is 30.6 Å². The first-order valence-electron chi connectivity index (χ1n) is 7.79. The first-order valence-corrected chi connectivity index (χ1v) is 10.0. The van der Waals surface area contributed by atoms with Gasteiger partial charge in [-0.3, -0.25) is 0 Å². The number of hydrogen-bond acceptors (Lipinski definition) is 4. The molecule has 0 aromatic carbocycles. The van der Waals surface area contributed by atoms with E-state index in [9.17, 15) is 8.42 Å². The maximum absolute atomic E-state index is 12.8. The van der Waals surface area contributed by atoms with Gasteiger partial charge in [0.1, 0.15) is 4.21 Å². The fraction of sp³-hybridized carbons (Fsp3) is 0.733. The Hall–Kier alpha value is -0.430. The number of rotatable bonds is 6. The zero-order valence-electron chi connectivity index (χ0n) is 12.8. The molecule has 0 unspecified atom stereocenters. The van der Waals surface area contributed by atoms with Crippen LogP contribution in [0.25, 0.3) is 0 Å². The monoisotopic (exact) mass is 328 g/mol. The molecule has 0 amide bonds. The van der Waals surface area contributed by atoms with Gasteiger partial charge in [0.15, 0.2) is 0 Å². The molecule has 1 aromatic rings. The summed E-state index contributed by atoms with van der Waals surface area (Å²) in [4.78, 5) is 1.15. The van der Waals surface area contributed by atoms with Crippen molar-refractivity contribution in [2.45, 2.75) is 68.3 Å². The minimum absolute atomic E-state index is 0.186. The van der Waals surface area contributed by atoms with E-state index in [0.29, 0.717) is 10.3 Å². The second-order valence-corrected chi connectivity index (χ2v) is 9.65. The molecule has 2 aliphatic carbocycles. The minimum atomic E-state index is -3.32. The van der Waals surface area contributed by atoms with Crippen molar-refractivity contribution >= 4 is 21.4 Å². The van der Waals surface area contributed by atoms with E-state index in [1.165, 1.54) is 24.2 Å². The molecule has 1 N–H and O–H groups in total. The van der Waals surface area contributed by atoms with Gasteiger partial charge in [-0.25, -0.2) is 8.42 Å². The van der Waals surface area contributed by atoms with Crippen LogP contribution in [0, 0.1) is 6.92 Å². The highest BCUT2D eigenvalue weighted by molar-refractivity contribution is 7.91. The average molecular weight is 329 g/mol. The predicted octanol–water partition coefficient (Wildman–Crippen LogP) is 2.87. The lowest BCUT2D eigenvalue weighted by Gasteiger charge is -2.22. The van der Waals surface area contributed by atoms with Gasteiger partial charge in [-0.05, 0) is 44.2 Å². The van der Waals surface area contributed by atoms with E-state index in [2.05, 4.69) is 5.32 Å². The van der Waals surface area contributed by atoms with Crippen LogP contribution in [-0.4, -0.2) is 31.9 Å². The van der Waals surface area contributed by atoms with Crippen LogP contribution in [0.1, 0.15) is 49.0 Å². The Balaban J connectivity index is 1.76. The fourth-order valence-corrected chi connectivity index (χ4v) is 6.06. The highest BCUT2D eigenvalue weighted by Gasteiger charge is 2.31. The van der Waals surface area contributed by atoms with Crippen molar-refractivity contribution in [2.75, 3.05) is 7.05 Å². The van der Waals surface area contributed by atoms with Crippen molar-refractivity contribution in [1.29, 1.82) is 0 Å². The zero-order valence-corrected chi connectivity index (χ0v) is 14.4. The zero-order chi connectivity index (χ0) is 15.0. The Morgan fingerprint density at radius 2 is 1.95 bits per heavy atom. The molecular weight excluding hydrogens is 304 g/mol. The Kier molecular flexibility index (Phi) is 4.41. The molecule has 2 fully saturated rings. The van der Waals surface area contributed by atoms with Gasteiger partial charge >= 0.3 is 0 Å². The van der Waals surface area contributed by atoms with Gasteiger partial charge in [0.25, 0.3) is 10.0 Å². The summed E-state index contributed by atoms with van der Waals surface area (Å²) in [7, 11) is -1.58. The highest BCUT2D eigenvalue weighted by Crippen LogP contribution is 2.32. The molecule has 3 rings (SSSR count). The molecule has 0 atom stereocenters. The number of hydrogen-bond donors (Lipinski definition) is 1. The maximum atomic E-state index is 12.8. The topological polar surface area (TPSA) is 49.4 Å². The van der Waals surface area contributed by atoms with E-state index in [1.807, 2.05) is 13.0 Å². The standard InChI is InChI=1S/C15H24N2O2S2/c1-11-9-15(20-14(11)10-16-12-7-8-12)21(18,19)17(2)13-5-3-4-6-13/h9,12-13,16H,3-8,10H2,1-2H3.